The first-order chi connectivity index (χ1) is 6.39. The first kappa shape index (κ1) is 10.6. The van der Waals surface area contributed by atoms with Crippen molar-refractivity contribution in [3.05, 3.63) is 12.3 Å². The van der Waals surface area contributed by atoms with Gasteiger partial charge in [0.1, 0.15) is 0 Å². The van der Waals surface area contributed by atoms with Gasteiger partial charge in [-0.1, -0.05) is 38.2 Å². The molecular weight excluding hydrogens is 158 g/mol. The van der Waals surface area contributed by atoms with Crippen molar-refractivity contribution in [2.75, 3.05) is 13.6 Å². The molecule has 1 heterocycles. The third-order valence-electron chi connectivity index (χ3n) is 2.74. The summed E-state index contributed by atoms with van der Waals surface area (Å²) in [4.78, 5) is 2.32. The van der Waals surface area contributed by atoms with Gasteiger partial charge in [0.05, 0.1) is 0 Å². The molecule has 0 aromatic rings. The van der Waals surface area contributed by atoms with Gasteiger partial charge in [-0.2, -0.15) is 0 Å². The lowest BCUT2D eigenvalue weighted by Gasteiger charge is -2.14. The van der Waals surface area contributed by atoms with Crippen LogP contribution in [0.2, 0.25) is 0 Å². The molecule has 0 saturated heterocycles. The van der Waals surface area contributed by atoms with Gasteiger partial charge >= 0.3 is 0 Å². The summed E-state index contributed by atoms with van der Waals surface area (Å²) in [5.74, 6) is 0. The Labute approximate surface area is 82.8 Å². The molecule has 1 nitrogen and oxygen atoms in total. The Morgan fingerprint density at radius 2 is 1.46 bits per heavy atom. The summed E-state index contributed by atoms with van der Waals surface area (Å²) in [5.41, 5.74) is 0. The highest BCUT2D eigenvalue weighted by Crippen LogP contribution is 2.10. The lowest BCUT2D eigenvalue weighted by atomic mass is 10.1. The summed E-state index contributed by atoms with van der Waals surface area (Å²) in [7, 11) is 2.18. The van der Waals surface area contributed by atoms with E-state index in [9.17, 15) is 0 Å². The van der Waals surface area contributed by atoms with Crippen molar-refractivity contribution in [3.8, 4) is 0 Å². The van der Waals surface area contributed by atoms with Crippen LogP contribution in [0.25, 0.3) is 0 Å². The highest BCUT2D eigenvalue weighted by atomic mass is 15.1. The fraction of sp³-hybridized carbons (Fsp3) is 0.833. The molecule has 0 aromatic heterocycles. The standard InChI is InChI=1S/C12H23N/c1-13-11-9-7-5-3-2-4-6-8-10-12-13/h9,11H,2-8,10,12H2,1H3/b11-9-. The summed E-state index contributed by atoms with van der Waals surface area (Å²) in [6, 6.07) is 0. The van der Waals surface area contributed by atoms with Crippen LogP contribution in [0, 0.1) is 0 Å². The smallest absolute Gasteiger partial charge is 0.0169 e. The van der Waals surface area contributed by atoms with Crippen LogP contribution in [0.15, 0.2) is 12.3 Å². The van der Waals surface area contributed by atoms with Crippen LogP contribution in [0.4, 0.5) is 0 Å². The second-order valence-electron chi connectivity index (χ2n) is 4.13. The Kier molecular flexibility index (Phi) is 5.71. The van der Waals surface area contributed by atoms with Gasteiger partial charge < -0.3 is 4.90 Å². The van der Waals surface area contributed by atoms with E-state index in [1.165, 1.54) is 57.9 Å². The first-order valence-corrected chi connectivity index (χ1v) is 5.76. The molecule has 0 aliphatic carbocycles. The summed E-state index contributed by atoms with van der Waals surface area (Å²) >= 11 is 0. The Hall–Kier alpha value is -0.460. The highest BCUT2D eigenvalue weighted by Gasteiger charge is 1.95. The van der Waals surface area contributed by atoms with E-state index in [1.807, 2.05) is 0 Å². The van der Waals surface area contributed by atoms with Crippen LogP contribution >= 0.6 is 0 Å². The monoisotopic (exact) mass is 181 g/mol. The number of hydrogen-bond acceptors (Lipinski definition) is 1. The lowest BCUT2D eigenvalue weighted by Crippen LogP contribution is -2.12. The second kappa shape index (κ2) is 6.99. The van der Waals surface area contributed by atoms with Gasteiger partial charge in [0.25, 0.3) is 0 Å². The van der Waals surface area contributed by atoms with Crippen LogP contribution in [0.1, 0.15) is 51.4 Å². The van der Waals surface area contributed by atoms with E-state index in [4.69, 9.17) is 0 Å². The average molecular weight is 181 g/mol. The van der Waals surface area contributed by atoms with E-state index < -0.39 is 0 Å². The van der Waals surface area contributed by atoms with Gasteiger partial charge in [0.2, 0.25) is 0 Å². The fourth-order valence-corrected chi connectivity index (χ4v) is 1.84. The SMILES string of the molecule is CN1/C=C\CCCCCCCCC1. The maximum atomic E-state index is 2.32. The van der Waals surface area contributed by atoms with Crippen molar-refractivity contribution < 1.29 is 0 Å². The fourth-order valence-electron chi connectivity index (χ4n) is 1.84. The normalized spacial score (nSPS) is 24.5. The average Bonchev–Trinajstić information content (AvgIpc) is 2.11. The Morgan fingerprint density at radius 3 is 2.23 bits per heavy atom. The van der Waals surface area contributed by atoms with Crippen molar-refractivity contribution in [1.29, 1.82) is 0 Å². The quantitative estimate of drug-likeness (QED) is 0.552. The summed E-state index contributed by atoms with van der Waals surface area (Å²) in [5, 5.41) is 0. The maximum Gasteiger partial charge on any atom is 0.0169 e. The molecule has 0 bridgehead atoms. The molecule has 0 unspecified atom stereocenters. The van der Waals surface area contributed by atoms with E-state index in [2.05, 4.69) is 24.2 Å². The number of hydrogen-bond donors (Lipinski definition) is 0. The van der Waals surface area contributed by atoms with Gasteiger partial charge in [-0.25, -0.2) is 0 Å². The molecule has 1 rings (SSSR count). The Morgan fingerprint density at radius 1 is 0.846 bits per heavy atom. The molecule has 0 N–H and O–H groups in total. The van der Waals surface area contributed by atoms with Crippen molar-refractivity contribution in [1.82, 2.24) is 4.90 Å². The minimum absolute atomic E-state index is 1.23. The topological polar surface area (TPSA) is 3.24 Å². The van der Waals surface area contributed by atoms with E-state index >= 15 is 0 Å². The predicted octanol–water partition coefficient (Wildman–Crippen LogP) is 3.57. The molecule has 1 heteroatoms. The molecule has 1 aliphatic rings. The molecular formula is C12H23N. The number of nitrogens with zero attached hydrogens (tertiary/aromatic N) is 1. The van der Waals surface area contributed by atoms with E-state index in [-0.39, 0.29) is 0 Å². The first-order valence-electron chi connectivity index (χ1n) is 5.76. The Bertz CT molecular complexity index is 140. The molecule has 1 aliphatic heterocycles. The molecule has 76 valence electrons. The molecule has 0 aromatic carbocycles. The van der Waals surface area contributed by atoms with E-state index in [1.54, 1.807) is 0 Å². The van der Waals surface area contributed by atoms with Gasteiger partial charge in [0, 0.05) is 13.6 Å². The number of rotatable bonds is 0. The van der Waals surface area contributed by atoms with Gasteiger partial charge in [0.15, 0.2) is 0 Å². The minimum atomic E-state index is 1.23. The van der Waals surface area contributed by atoms with Gasteiger partial charge in [-0.3, -0.25) is 0 Å². The highest BCUT2D eigenvalue weighted by molar-refractivity contribution is 4.80. The third kappa shape index (κ3) is 5.73. The van der Waals surface area contributed by atoms with Gasteiger partial charge in [-0.05, 0) is 25.5 Å². The van der Waals surface area contributed by atoms with Gasteiger partial charge in [-0.15, -0.1) is 0 Å². The summed E-state index contributed by atoms with van der Waals surface area (Å²) < 4.78 is 0. The van der Waals surface area contributed by atoms with Crippen molar-refractivity contribution in [2.45, 2.75) is 51.4 Å². The van der Waals surface area contributed by atoms with Crippen LogP contribution in [-0.4, -0.2) is 18.5 Å². The maximum absolute atomic E-state index is 2.32. The van der Waals surface area contributed by atoms with Crippen LogP contribution in [0.5, 0.6) is 0 Å². The molecule has 0 amide bonds. The molecule has 0 radical (unpaired) electrons. The molecule has 13 heavy (non-hydrogen) atoms. The molecule has 0 fully saturated rings. The zero-order valence-electron chi connectivity index (χ0n) is 8.97. The predicted molar refractivity (Wildman–Crippen MR) is 58.7 cm³/mol. The molecule has 0 atom stereocenters. The van der Waals surface area contributed by atoms with Crippen LogP contribution < -0.4 is 0 Å². The number of allylic oxidation sites excluding steroid dienone is 1. The zero-order valence-corrected chi connectivity index (χ0v) is 8.97. The summed E-state index contributed by atoms with van der Waals surface area (Å²) in [6.07, 6.45) is 15.8. The summed E-state index contributed by atoms with van der Waals surface area (Å²) in [6.45, 7) is 1.23. The van der Waals surface area contributed by atoms with Crippen molar-refractivity contribution in [2.24, 2.45) is 0 Å². The molecule has 0 saturated carbocycles. The van der Waals surface area contributed by atoms with Crippen molar-refractivity contribution in [3.63, 3.8) is 0 Å². The largest absolute Gasteiger partial charge is 0.381 e. The zero-order chi connectivity index (χ0) is 9.36. The Balaban J connectivity index is 2.22. The lowest BCUT2D eigenvalue weighted by molar-refractivity contribution is 0.424. The van der Waals surface area contributed by atoms with E-state index in [0.29, 0.717) is 0 Å². The van der Waals surface area contributed by atoms with Crippen molar-refractivity contribution >= 4 is 0 Å². The van der Waals surface area contributed by atoms with Crippen LogP contribution in [0.3, 0.4) is 0 Å². The minimum Gasteiger partial charge on any atom is -0.381 e. The third-order valence-corrected chi connectivity index (χ3v) is 2.74. The molecule has 0 spiro atoms. The second-order valence-corrected chi connectivity index (χ2v) is 4.13. The van der Waals surface area contributed by atoms with Crippen LogP contribution in [-0.2, 0) is 0 Å². The van der Waals surface area contributed by atoms with E-state index in [0.717, 1.165) is 0 Å².